The molecule has 2 rings (SSSR count). The van der Waals surface area contributed by atoms with Crippen molar-refractivity contribution >= 4 is 28.5 Å². The van der Waals surface area contributed by atoms with Crippen molar-refractivity contribution in [1.29, 1.82) is 0 Å². The number of aliphatic hydroxyl groups excluding tert-OH is 1. The Morgan fingerprint density at radius 3 is 2.27 bits per heavy atom. The zero-order chi connectivity index (χ0) is 27.4. The lowest BCUT2D eigenvalue weighted by Gasteiger charge is -2.30. The number of carbonyl (C=O) groups excluding carboxylic acids is 3. The highest BCUT2D eigenvalue weighted by Gasteiger charge is 2.31. The molecule has 2 aromatic carbocycles. The third-order valence-electron chi connectivity index (χ3n) is 6.75. The number of benzene rings is 2. The van der Waals surface area contributed by atoms with Gasteiger partial charge in [0.2, 0.25) is 17.7 Å². The Bertz CT molecular complexity index is 1020. The maximum absolute atomic E-state index is 13.4. The number of rotatable bonds is 15. The topological polar surface area (TPSA) is 108 Å². The van der Waals surface area contributed by atoms with Crippen LogP contribution in [0.3, 0.4) is 0 Å². The largest absolute Gasteiger partial charge is 0.390 e. The van der Waals surface area contributed by atoms with Crippen LogP contribution in [0.1, 0.15) is 72.3 Å². The normalized spacial score (nSPS) is 14.6. The van der Waals surface area contributed by atoms with Gasteiger partial charge >= 0.3 is 0 Å². The molecule has 0 fully saturated rings. The second-order valence-corrected chi connectivity index (χ2v) is 10.5. The van der Waals surface area contributed by atoms with Crippen LogP contribution in [0.5, 0.6) is 0 Å². The average Bonchev–Trinajstić information content (AvgIpc) is 2.86. The van der Waals surface area contributed by atoms with Crippen molar-refractivity contribution in [3.63, 3.8) is 0 Å². The zero-order valence-electron chi connectivity index (χ0n) is 23.0. The van der Waals surface area contributed by atoms with E-state index in [2.05, 4.69) is 16.0 Å². The first kappa shape index (κ1) is 30.3. The van der Waals surface area contributed by atoms with Gasteiger partial charge in [0, 0.05) is 6.54 Å². The molecule has 0 saturated carbocycles. The van der Waals surface area contributed by atoms with Gasteiger partial charge in [-0.1, -0.05) is 89.9 Å². The van der Waals surface area contributed by atoms with Crippen LogP contribution in [-0.2, 0) is 20.8 Å². The first-order valence-electron chi connectivity index (χ1n) is 13.7. The molecule has 0 aliphatic heterocycles. The minimum absolute atomic E-state index is 0.0797. The maximum Gasteiger partial charge on any atom is 0.243 e. The molecule has 2 aromatic rings. The highest BCUT2D eigenvalue weighted by atomic mass is 16.3. The Labute approximate surface area is 221 Å². The molecule has 3 amide bonds. The van der Waals surface area contributed by atoms with E-state index >= 15 is 0 Å². The fourth-order valence-corrected chi connectivity index (χ4v) is 4.36. The molecule has 0 saturated heterocycles. The smallest absolute Gasteiger partial charge is 0.243 e. The van der Waals surface area contributed by atoms with Gasteiger partial charge in [-0.15, -0.1) is 0 Å². The van der Waals surface area contributed by atoms with Crippen LogP contribution >= 0.6 is 0 Å². The predicted octanol–water partition coefficient (Wildman–Crippen LogP) is 4.11. The number of carbonyl (C=O) groups is 3. The molecule has 0 aliphatic carbocycles. The summed E-state index contributed by atoms with van der Waals surface area (Å²) < 4.78 is 0. The number of amides is 3. The summed E-state index contributed by atoms with van der Waals surface area (Å²) in [6.45, 7) is 10.5. The zero-order valence-corrected chi connectivity index (χ0v) is 23.0. The van der Waals surface area contributed by atoms with E-state index in [0.717, 1.165) is 29.2 Å². The second-order valence-electron chi connectivity index (χ2n) is 10.5. The molecule has 0 spiro atoms. The third-order valence-corrected chi connectivity index (χ3v) is 6.75. The first-order chi connectivity index (χ1) is 17.6. The standard InChI is InChI=1S/C30H45N3O4/c1-6-8-15-31-27(35)19-26(34)25(16-20(3)4)32-30(37)29(21(5)7-2)33-28(36)18-22-13-14-23-11-9-10-12-24(23)17-22/h9-14,17,20-21,25-26,29,34H,6-8,15-16,18-19H2,1-5H3,(H,31,35)(H,32,37)(H,33,36)/t21-,25?,26?,29-/m0/s1. The van der Waals surface area contributed by atoms with E-state index < -0.39 is 18.2 Å². The van der Waals surface area contributed by atoms with Crippen LogP contribution in [-0.4, -0.2) is 47.6 Å². The maximum atomic E-state index is 13.4. The van der Waals surface area contributed by atoms with Gasteiger partial charge in [-0.3, -0.25) is 14.4 Å². The molecule has 4 atom stereocenters. The molecule has 0 heterocycles. The Morgan fingerprint density at radius 2 is 1.62 bits per heavy atom. The molecule has 2 unspecified atom stereocenters. The van der Waals surface area contributed by atoms with E-state index in [1.54, 1.807) is 0 Å². The van der Waals surface area contributed by atoms with Crippen molar-refractivity contribution in [1.82, 2.24) is 16.0 Å². The van der Waals surface area contributed by atoms with E-state index in [-0.39, 0.29) is 42.4 Å². The summed E-state index contributed by atoms with van der Waals surface area (Å²) in [6, 6.07) is 12.6. The molecular weight excluding hydrogens is 466 g/mol. The van der Waals surface area contributed by atoms with Gasteiger partial charge in [0.1, 0.15) is 6.04 Å². The second kappa shape index (κ2) is 15.4. The number of fused-ring (bicyclic) bond motifs is 1. The quantitative estimate of drug-likeness (QED) is 0.270. The number of nitrogens with one attached hydrogen (secondary N) is 3. The monoisotopic (exact) mass is 511 g/mol. The van der Waals surface area contributed by atoms with Crippen molar-refractivity contribution in [2.24, 2.45) is 11.8 Å². The lowest BCUT2D eigenvalue weighted by molar-refractivity contribution is -0.131. The van der Waals surface area contributed by atoms with Crippen LogP contribution in [0.15, 0.2) is 42.5 Å². The van der Waals surface area contributed by atoms with Crippen LogP contribution in [0.2, 0.25) is 0 Å². The molecule has 0 aromatic heterocycles. The van der Waals surface area contributed by atoms with E-state index in [1.807, 2.05) is 77.1 Å². The molecule has 4 N–H and O–H groups in total. The van der Waals surface area contributed by atoms with Gasteiger partial charge < -0.3 is 21.1 Å². The van der Waals surface area contributed by atoms with Gasteiger partial charge in [0.15, 0.2) is 0 Å². The molecule has 204 valence electrons. The Hall–Kier alpha value is -2.93. The number of hydrogen-bond acceptors (Lipinski definition) is 4. The van der Waals surface area contributed by atoms with Gasteiger partial charge in [-0.2, -0.15) is 0 Å². The molecular formula is C30H45N3O4. The number of hydrogen-bond donors (Lipinski definition) is 4. The van der Waals surface area contributed by atoms with E-state index in [4.69, 9.17) is 0 Å². The Morgan fingerprint density at radius 1 is 0.919 bits per heavy atom. The van der Waals surface area contributed by atoms with E-state index in [1.165, 1.54) is 0 Å². The highest BCUT2D eigenvalue weighted by molar-refractivity contribution is 5.90. The summed E-state index contributed by atoms with van der Waals surface area (Å²) in [4.78, 5) is 38.6. The van der Waals surface area contributed by atoms with Crippen LogP contribution < -0.4 is 16.0 Å². The van der Waals surface area contributed by atoms with Gasteiger partial charge in [0.25, 0.3) is 0 Å². The van der Waals surface area contributed by atoms with Crippen LogP contribution in [0.4, 0.5) is 0 Å². The van der Waals surface area contributed by atoms with Gasteiger partial charge in [-0.05, 0) is 41.0 Å². The van der Waals surface area contributed by atoms with Crippen molar-refractivity contribution < 1.29 is 19.5 Å². The summed E-state index contributed by atoms with van der Waals surface area (Å²) in [6.07, 6.45) is 2.14. The van der Waals surface area contributed by atoms with Gasteiger partial charge in [0.05, 0.1) is 25.0 Å². The van der Waals surface area contributed by atoms with Gasteiger partial charge in [-0.25, -0.2) is 0 Å². The lowest BCUT2D eigenvalue weighted by atomic mass is 9.94. The minimum Gasteiger partial charge on any atom is -0.390 e. The SMILES string of the molecule is CCCCNC(=O)CC(O)C(CC(C)C)NC(=O)[C@@H](NC(=O)Cc1ccc2ccccc2c1)[C@@H](C)CC. The molecule has 7 heteroatoms. The highest BCUT2D eigenvalue weighted by Crippen LogP contribution is 2.17. The summed E-state index contributed by atoms with van der Waals surface area (Å²) in [7, 11) is 0. The first-order valence-corrected chi connectivity index (χ1v) is 13.7. The predicted molar refractivity (Wildman–Crippen MR) is 149 cm³/mol. The number of aliphatic hydroxyl groups is 1. The average molecular weight is 512 g/mol. The summed E-state index contributed by atoms with van der Waals surface area (Å²) >= 11 is 0. The molecule has 0 radical (unpaired) electrons. The molecule has 7 nitrogen and oxygen atoms in total. The number of unbranched alkanes of at least 4 members (excludes halogenated alkanes) is 1. The van der Waals surface area contributed by atoms with Crippen molar-refractivity contribution in [2.75, 3.05) is 6.54 Å². The fraction of sp³-hybridized carbons (Fsp3) is 0.567. The van der Waals surface area contributed by atoms with Crippen LogP contribution in [0.25, 0.3) is 10.8 Å². The van der Waals surface area contributed by atoms with Crippen molar-refractivity contribution in [3.8, 4) is 0 Å². The van der Waals surface area contributed by atoms with E-state index in [9.17, 15) is 19.5 Å². The summed E-state index contributed by atoms with van der Waals surface area (Å²) in [5.74, 6) is -0.696. The Balaban J connectivity index is 2.07. The summed E-state index contributed by atoms with van der Waals surface area (Å²) in [5, 5.41) is 21.7. The Kier molecular flexibility index (Phi) is 12.6. The third kappa shape index (κ3) is 10.2. The molecule has 37 heavy (non-hydrogen) atoms. The summed E-state index contributed by atoms with van der Waals surface area (Å²) in [5.41, 5.74) is 0.877. The molecule has 0 aliphatic rings. The van der Waals surface area contributed by atoms with E-state index in [0.29, 0.717) is 19.4 Å². The van der Waals surface area contributed by atoms with Crippen LogP contribution in [0, 0.1) is 11.8 Å². The minimum atomic E-state index is -1.01. The van der Waals surface area contributed by atoms with Crippen molar-refractivity contribution in [3.05, 3.63) is 48.0 Å². The fourth-order valence-electron chi connectivity index (χ4n) is 4.36. The van der Waals surface area contributed by atoms with Crippen molar-refractivity contribution in [2.45, 2.75) is 91.3 Å². The molecule has 0 bridgehead atoms. The lowest BCUT2D eigenvalue weighted by Crippen LogP contribution is -2.55.